The summed E-state index contributed by atoms with van der Waals surface area (Å²) in [5.41, 5.74) is 1.12. The molecule has 1 aliphatic rings. The van der Waals surface area contributed by atoms with E-state index >= 15 is 0 Å². The highest BCUT2D eigenvalue weighted by atomic mass is 35.5. The number of amides is 1. The van der Waals surface area contributed by atoms with Crippen LogP contribution < -0.4 is 0 Å². The molecule has 16 heavy (non-hydrogen) atoms. The van der Waals surface area contributed by atoms with E-state index in [0.717, 1.165) is 5.56 Å². The van der Waals surface area contributed by atoms with E-state index in [-0.39, 0.29) is 11.8 Å². The highest BCUT2D eigenvalue weighted by molar-refractivity contribution is 6.32. The Morgan fingerprint density at radius 3 is 2.56 bits per heavy atom. The molecule has 1 heterocycles. The standard InChI is InChI=1S/C12H13Cl2NO/c13-6-10-8-15(12(16)11(10)14)7-9-4-2-1-3-5-9/h1-5,10-11H,6-8H2/t10-,11-/m1/s1. The van der Waals surface area contributed by atoms with Crippen LogP contribution in [0.3, 0.4) is 0 Å². The number of rotatable bonds is 3. The molecule has 2 atom stereocenters. The zero-order chi connectivity index (χ0) is 11.5. The molecule has 0 N–H and O–H groups in total. The zero-order valence-electron chi connectivity index (χ0n) is 8.77. The van der Waals surface area contributed by atoms with Gasteiger partial charge in [0.2, 0.25) is 5.91 Å². The Bertz CT molecular complexity index is 369. The van der Waals surface area contributed by atoms with Crippen molar-refractivity contribution >= 4 is 29.1 Å². The molecule has 1 amide bonds. The molecule has 2 rings (SSSR count). The molecule has 1 aromatic rings. The second-order valence-corrected chi connectivity index (χ2v) is 4.80. The van der Waals surface area contributed by atoms with Gasteiger partial charge in [0.25, 0.3) is 0 Å². The van der Waals surface area contributed by atoms with E-state index in [2.05, 4.69) is 0 Å². The van der Waals surface area contributed by atoms with Crippen molar-refractivity contribution in [3.05, 3.63) is 35.9 Å². The van der Waals surface area contributed by atoms with Crippen LogP contribution in [-0.2, 0) is 11.3 Å². The molecule has 1 aromatic carbocycles. The van der Waals surface area contributed by atoms with Crippen molar-refractivity contribution in [1.29, 1.82) is 0 Å². The molecule has 0 bridgehead atoms. The van der Waals surface area contributed by atoms with Crippen molar-refractivity contribution in [3.8, 4) is 0 Å². The lowest BCUT2D eigenvalue weighted by atomic mass is 10.1. The van der Waals surface area contributed by atoms with Crippen LogP contribution >= 0.6 is 23.2 Å². The van der Waals surface area contributed by atoms with Gasteiger partial charge in [-0.1, -0.05) is 30.3 Å². The Kier molecular flexibility index (Phi) is 3.72. The second-order valence-electron chi connectivity index (χ2n) is 4.02. The summed E-state index contributed by atoms with van der Waals surface area (Å²) in [5, 5.41) is -0.457. The van der Waals surface area contributed by atoms with E-state index in [0.29, 0.717) is 19.0 Å². The third-order valence-electron chi connectivity index (χ3n) is 2.83. The quantitative estimate of drug-likeness (QED) is 0.763. The lowest BCUT2D eigenvalue weighted by Crippen LogP contribution is -2.26. The van der Waals surface area contributed by atoms with Crippen molar-refractivity contribution in [3.63, 3.8) is 0 Å². The number of alkyl halides is 2. The maximum atomic E-state index is 11.8. The fourth-order valence-electron chi connectivity index (χ4n) is 1.91. The van der Waals surface area contributed by atoms with Crippen molar-refractivity contribution < 1.29 is 4.79 Å². The molecule has 0 spiro atoms. The molecule has 1 fully saturated rings. The molecule has 1 saturated heterocycles. The van der Waals surface area contributed by atoms with Crippen molar-refractivity contribution in [2.24, 2.45) is 5.92 Å². The van der Waals surface area contributed by atoms with Gasteiger partial charge in [0.1, 0.15) is 5.38 Å². The normalized spacial score (nSPS) is 25.1. The summed E-state index contributed by atoms with van der Waals surface area (Å²) in [5.74, 6) is 0.501. The van der Waals surface area contributed by atoms with E-state index in [4.69, 9.17) is 23.2 Å². The first-order valence-corrected chi connectivity index (χ1v) is 6.22. The van der Waals surface area contributed by atoms with Crippen LogP contribution in [0.4, 0.5) is 0 Å². The Labute approximate surface area is 105 Å². The van der Waals surface area contributed by atoms with Gasteiger partial charge in [-0.2, -0.15) is 0 Å². The van der Waals surface area contributed by atoms with Crippen LogP contribution in [0.2, 0.25) is 0 Å². The van der Waals surface area contributed by atoms with Gasteiger partial charge in [-0.15, -0.1) is 23.2 Å². The van der Waals surface area contributed by atoms with Crippen LogP contribution in [0.5, 0.6) is 0 Å². The van der Waals surface area contributed by atoms with Gasteiger partial charge in [-0.25, -0.2) is 0 Å². The first-order chi connectivity index (χ1) is 7.72. The van der Waals surface area contributed by atoms with Gasteiger partial charge >= 0.3 is 0 Å². The predicted octanol–water partition coefficient (Wildman–Crippen LogP) is 2.49. The van der Waals surface area contributed by atoms with E-state index in [1.54, 1.807) is 4.90 Å². The fourth-order valence-corrected chi connectivity index (χ4v) is 2.59. The average molecular weight is 258 g/mol. The molecule has 0 aliphatic carbocycles. The first-order valence-electron chi connectivity index (χ1n) is 5.25. The summed E-state index contributed by atoms with van der Waals surface area (Å²) >= 11 is 11.8. The Balaban J connectivity index is 2.04. The Morgan fingerprint density at radius 1 is 1.31 bits per heavy atom. The van der Waals surface area contributed by atoms with Crippen molar-refractivity contribution in [2.75, 3.05) is 12.4 Å². The summed E-state index contributed by atoms with van der Waals surface area (Å²) < 4.78 is 0. The lowest BCUT2D eigenvalue weighted by Gasteiger charge is -2.15. The van der Waals surface area contributed by atoms with Crippen LogP contribution in [0, 0.1) is 5.92 Å². The molecule has 0 radical (unpaired) electrons. The van der Waals surface area contributed by atoms with E-state index in [1.807, 2.05) is 30.3 Å². The summed E-state index contributed by atoms with van der Waals surface area (Å²) in [6.45, 7) is 1.28. The van der Waals surface area contributed by atoms with Gasteiger partial charge in [-0.3, -0.25) is 4.79 Å². The van der Waals surface area contributed by atoms with Crippen LogP contribution in [0.15, 0.2) is 30.3 Å². The molecule has 0 unspecified atom stereocenters. The largest absolute Gasteiger partial charge is 0.337 e. The summed E-state index contributed by atoms with van der Waals surface area (Å²) in [6, 6.07) is 9.90. The molecule has 0 saturated carbocycles. The molecular weight excluding hydrogens is 245 g/mol. The third kappa shape index (κ3) is 2.33. The maximum absolute atomic E-state index is 11.8. The number of carbonyl (C=O) groups is 1. The minimum atomic E-state index is -0.457. The van der Waals surface area contributed by atoms with E-state index < -0.39 is 5.38 Å². The SMILES string of the molecule is O=C1[C@H](Cl)[C@H](CCl)CN1Cc1ccccc1. The van der Waals surface area contributed by atoms with Crippen LogP contribution in [0.1, 0.15) is 5.56 Å². The maximum Gasteiger partial charge on any atom is 0.241 e. The summed E-state index contributed by atoms with van der Waals surface area (Å²) in [4.78, 5) is 13.6. The number of carbonyl (C=O) groups excluding carboxylic acids is 1. The predicted molar refractivity (Wildman–Crippen MR) is 65.7 cm³/mol. The Morgan fingerprint density at radius 2 is 2.00 bits per heavy atom. The number of nitrogens with zero attached hydrogens (tertiary/aromatic N) is 1. The Hall–Kier alpha value is -0.730. The minimum absolute atomic E-state index is 0.00355. The topological polar surface area (TPSA) is 20.3 Å². The molecule has 4 heteroatoms. The molecule has 0 aromatic heterocycles. The van der Waals surface area contributed by atoms with Crippen molar-refractivity contribution in [1.82, 2.24) is 4.90 Å². The summed E-state index contributed by atoms with van der Waals surface area (Å²) in [7, 11) is 0. The average Bonchev–Trinajstić information content (AvgIpc) is 2.58. The molecular formula is C12H13Cl2NO. The number of likely N-dealkylation sites (tertiary alicyclic amines) is 1. The van der Waals surface area contributed by atoms with Crippen LogP contribution in [0.25, 0.3) is 0 Å². The number of benzene rings is 1. The monoisotopic (exact) mass is 257 g/mol. The van der Waals surface area contributed by atoms with Gasteiger partial charge in [0, 0.05) is 24.9 Å². The number of hydrogen-bond donors (Lipinski definition) is 0. The van der Waals surface area contributed by atoms with E-state index in [9.17, 15) is 4.79 Å². The fraction of sp³-hybridized carbons (Fsp3) is 0.417. The molecule has 2 nitrogen and oxygen atoms in total. The minimum Gasteiger partial charge on any atom is -0.337 e. The lowest BCUT2D eigenvalue weighted by molar-refractivity contribution is -0.127. The number of hydrogen-bond acceptors (Lipinski definition) is 1. The molecule has 1 aliphatic heterocycles. The van der Waals surface area contributed by atoms with Gasteiger partial charge < -0.3 is 4.90 Å². The third-order valence-corrected chi connectivity index (χ3v) is 3.77. The smallest absolute Gasteiger partial charge is 0.241 e. The zero-order valence-corrected chi connectivity index (χ0v) is 10.3. The van der Waals surface area contributed by atoms with E-state index in [1.165, 1.54) is 0 Å². The first kappa shape index (κ1) is 11.7. The van der Waals surface area contributed by atoms with Gasteiger partial charge in [0.05, 0.1) is 0 Å². The van der Waals surface area contributed by atoms with Gasteiger partial charge in [-0.05, 0) is 5.56 Å². The highest BCUT2D eigenvalue weighted by Crippen LogP contribution is 2.25. The summed E-state index contributed by atoms with van der Waals surface area (Å²) in [6.07, 6.45) is 0. The van der Waals surface area contributed by atoms with Crippen LogP contribution in [-0.4, -0.2) is 28.6 Å². The molecule has 86 valence electrons. The number of halogens is 2. The van der Waals surface area contributed by atoms with Gasteiger partial charge in [0.15, 0.2) is 0 Å². The highest BCUT2D eigenvalue weighted by Gasteiger charge is 2.38. The second kappa shape index (κ2) is 5.07. The van der Waals surface area contributed by atoms with Crippen molar-refractivity contribution in [2.45, 2.75) is 11.9 Å².